The number of amides is 1. The first-order chi connectivity index (χ1) is 15.2. The molecule has 3 rings (SSSR count). The normalized spacial score (nSPS) is 12.2. The summed E-state index contributed by atoms with van der Waals surface area (Å²) >= 11 is 0. The molecule has 0 aliphatic rings. The van der Waals surface area contributed by atoms with Crippen LogP contribution in [0.2, 0.25) is 0 Å². The quantitative estimate of drug-likeness (QED) is 0.458. The highest BCUT2D eigenvalue weighted by molar-refractivity contribution is 7.89. The monoisotopic (exact) mass is 459 g/mol. The van der Waals surface area contributed by atoms with E-state index in [9.17, 15) is 18.0 Å². The lowest BCUT2D eigenvalue weighted by Gasteiger charge is -2.10. The second-order valence-electron chi connectivity index (χ2n) is 6.68. The average Bonchev–Trinajstić information content (AvgIpc) is 3.25. The number of carbonyl (C=O) groups is 2. The highest BCUT2D eigenvalue weighted by Gasteiger charge is 2.20. The topological polar surface area (TPSA) is 153 Å². The fourth-order valence-electron chi connectivity index (χ4n) is 2.61. The molecule has 2 aromatic heterocycles. The van der Waals surface area contributed by atoms with Crippen LogP contribution in [0.15, 0.2) is 58.2 Å². The lowest BCUT2D eigenvalue weighted by molar-refractivity contribution is -0.149. The van der Waals surface area contributed by atoms with Crippen molar-refractivity contribution >= 4 is 27.6 Å². The second-order valence-corrected chi connectivity index (χ2v) is 8.45. The molecule has 12 heteroatoms. The molecule has 1 aromatic carbocycles. The number of carbonyl (C=O) groups excluding carboxylic acids is 2. The van der Waals surface area contributed by atoms with Crippen LogP contribution in [0.25, 0.3) is 11.4 Å². The number of hydrogen-bond acceptors (Lipinski definition) is 9. The van der Waals surface area contributed by atoms with E-state index < -0.39 is 22.1 Å². The molecule has 0 aliphatic heterocycles. The lowest BCUT2D eigenvalue weighted by Crippen LogP contribution is -2.27. The van der Waals surface area contributed by atoms with Crippen LogP contribution in [0.5, 0.6) is 0 Å². The van der Waals surface area contributed by atoms with Crippen molar-refractivity contribution in [2.75, 3.05) is 11.9 Å². The van der Waals surface area contributed by atoms with Crippen LogP contribution in [0.3, 0.4) is 0 Å². The summed E-state index contributed by atoms with van der Waals surface area (Å²) < 4.78 is 37.4. The Bertz CT molecular complexity index is 1180. The Morgan fingerprint density at radius 3 is 2.59 bits per heavy atom. The number of hydrogen-bond donors (Lipinski definition) is 2. The summed E-state index contributed by atoms with van der Waals surface area (Å²) in [6, 6.07) is 9.13. The van der Waals surface area contributed by atoms with Gasteiger partial charge in [-0.15, -0.1) is 0 Å². The fourth-order valence-corrected chi connectivity index (χ4v) is 3.64. The van der Waals surface area contributed by atoms with E-state index in [0.717, 1.165) is 0 Å². The van der Waals surface area contributed by atoms with Crippen LogP contribution >= 0.6 is 0 Å². The standard InChI is InChI=1S/C20H21N5O6S/c1-13(20-24-19(25-31-20)15-4-3-10-21-12-15)30-18(27)9-11-22-32(28,29)17-7-5-16(6-8-17)23-14(2)26/h3-8,10,12-13,22H,9,11H2,1-2H3,(H,23,26). The van der Waals surface area contributed by atoms with Crippen LogP contribution < -0.4 is 10.0 Å². The highest BCUT2D eigenvalue weighted by Crippen LogP contribution is 2.20. The molecule has 0 radical (unpaired) electrons. The van der Waals surface area contributed by atoms with Gasteiger partial charge in [-0.3, -0.25) is 14.6 Å². The maximum absolute atomic E-state index is 12.3. The maximum Gasteiger partial charge on any atom is 0.307 e. The Morgan fingerprint density at radius 2 is 1.94 bits per heavy atom. The van der Waals surface area contributed by atoms with Gasteiger partial charge in [0.1, 0.15) is 0 Å². The first kappa shape index (κ1) is 23.0. The first-order valence-electron chi connectivity index (χ1n) is 9.55. The molecule has 2 N–H and O–H groups in total. The van der Waals surface area contributed by atoms with Gasteiger partial charge >= 0.3 is 5.97 Å². The van der Waals surface area contributed by atoms with Crippen LogP contribution in [0.4, 0.5) is 5.69 Å². The third-order valence-corrected chi connectivity index (χ3v) is 5.60. The van der Waals surface area contributed by atoms with Gasteiger partial charge in [-0.25, -0.2) is 13.1 Å². The summed E-state index contributed by atoms with van der Waals surface area (Å²) in [4.78, 5) is 31.3. The van der Waals surface area contributed by atoms with Crippen molar-refractivity contribution in [2.45, 2.75) is 31.3 Å². The van der Waals surface area contributed by atoms with Gasteiger partial charge in [-0.05, 0) is 43.3 Å². The lowest BCUT2D eigenvalue weighted by atomic mass is 10.3. The molecule has 1 unspecified atom stereocenters. The number of rotatable bonds is 9. The molecule has 0 fully saturated rings. The zero-order valence-corrected chi connectivity index (χ0v) is 18.1. The molecule has 3 aromatic rings. The van der Waals surface area contributed by atoms with Crippen molar-refractivity contribution in [1.82, 2.24) is 19.8 Å². The summed E-state index contributed by atoms with van der Waals surface area (Å²) in [6.07, 6.45) is 2.18. The van der Waals surface area contributed by atoms with E-state index in [-0.39, 0.29) is 29.7 Å². The number of pyridine rings is 1. The second kappa shape index (κ2) is 10.1. The number of ether oxygens (including phenoxy) is 1. The van der Waals surface area contributed by atoms with Gasteiger partial charge < -0.3 is 14.6 Å². The van der Waals surface area contributed by atoms with Gasteiger partial charge in [0, 0.05) is 37.1 Å². The molecular formula is C20H21N5O6S. The van der Waals surface area contributed by atoms with E-state index in [1.54, 1.807) is 31.5 Å². The van der Waals surface area contributed by atoms with E-state index >= 15 is 0 Å². The van der Waals surface area contributed by atoms with E-state index in [0.29, 0.717) is 17.1 Å². The number of aromatic nitrogens is 3. The molecule has 168 valence electrons. The molecule has 0 saturated heterocycles. The van der Waals surface area contributed by atoms with Gasteiger partial charge in [-0.2, -0.15) is 4.98 Å². The minimum absolute atomic E-state index is 0.00197. The van der Waals surface area contributed by atoms with E-state index in [2.05, 4.69) is 25.2 Å². The molecule has 0 bridgehead atoms. The molecule has 11 nitrogen and oxygen atoms in total. The summed E-state index contributed by atoms with van der Waals surface area (Å²) in [5.41, 5.74) is 1.13. The van der Waals surface area contributed by atoms with Crippen molar-refractivity contribution in [3.05, 3.63) is 54.7 Å². The van der Waals surface area contributed by atoms with Gasteiger partial charge in [-0.1, -0.05) is 5.16 Å². The first-order valence-corrected chi connectivity index (χ1v) is 11.0. The zero-order chi connectivity index (χ0) is 23.1. The van der Waals surface area contributed by atoms with Gasteiger partial charge in [0.2, 0.25) is 21.8 Å². The van der Waals surface area contributed by atoms with Crippen LogP contribution in [-0.2, 0) is 24.3 Å². The summed E-state index contributed by atoms with van der Waals surface area (Å²) in [6.45, 7) is 2.76. The van der Waals surface area contributed by atoms with Crippen LogP contribution in [-0.4, -0.2) is 42.0 Å². The SMILES string of the molecule is CC(=O)Nc1ccc(S(=O)(=O)NCCC(=O)OC(C)c2nc(-c3cccnc3)no2)cc1. The largest absolute Gasteiger partial charge is 0.452 e. The Hall–Kier alpha value is -3.64. The van der Waals surface area contributed by atoms with E-state index in [4.69, 9.17) is 9.26 Å². The van der Waals surface area contributed by atoms with E-state index in [1.807, 2.05) is 0 Å². The van der Waals surface area contributed by atoms with Gasteiger partial charge in [0.05, 0.1) is 11.3 Å². The summed E-state index contributed by atoms with van der Waals surface area (Å²) in [5, 5.41) is 6.38. The Balaban J connectivity index is 1.49. The number of nitrogens with zero attached hydrogens (tertiary/aromatic N) is 3. The molecular weight excluding hydrogens is 438 g/mol. The number of benzene rings is 1. The fraction of sp³-hybridized carbons (Fsp3) is 0.250. The maximum atomic E-state index is 12.3. The average molecular weight is 459 g/mol. The number of anilines is 1. The zero-order valence-electron chi connectivity index (χ0n) is 17.3. The summed E-state index contributed by atoms with van der Waals surface area (Å²) in [5.74, 6) is -0.479. The highest BCUT2D eigenvalue weighted by atomic mass is 32.2. The van der Waals surface area contributed by atoms with Gasteiger partial charge in [0.15, 0.2) is 6.10 Å². The van der Waals surface area contributed by atoms with Crippen LogP contribution in [0, 0.1) is 0 Å². The Kier molecular flexibility index (Phi) is 7.28. The van der Waals surface area contributed by atoms with Crippen molar-refractivity contribution in [1.29, 1.82) is 0 Å². The minimum Gasteiger partial charge on any atom is -0.452 e. The number of sulfonamides is 1. The van der Waals surface area contributed by atoms with E-state index in [1.165, 1.54) is 31.2 Å². The van der Waals surface area contributed by atoms with Crippen molar-refractivity contribution in [2.24, 2.45) is 0 Å². The number of esters is 1. The Morgan fingerprint density at radius 1 is 1.19 bits per heavy atom. The number of nitrogens with one attached hydrogen (secondary N) is 2. The van der Waals surface area contributed by atoms with Crippen LogP contribution in [0.1, 0.15) is 32.3 Å². The van der Waals surface area contributed by atoms with Gasteiger partial charge in [0.25, 0.3) is 5.89 Å². The predicted molar refractivity (Wildman–Crippen MR) is 113 cm³/mol. The molecule has 0 spiro atoms. The molecule has 1 atom stereocenters. The molecule has 32 heavy (non-hydrogen) atoms. The van der Waals surface area contributed by atoms with Crippen molar-refractivity contribution in [3.8, 4) is 11.4 Å². The van der Waals surface area contributed by atoms with Crippen molar-refractivity contribution < 1.29 is 27.3 Å². The molecule has 2 heterocycles. The predicted octanol–water partition coefficient (Wildman–Crippen LogP) is 2.06. The third-order valence-electron chi connectivity index (χ3n) is 4.12. The molecule has 0 aliphatic carbocycles. The molecule has 1 amide bonds. The van der Waals surface area contributed by atoms with Crippen molar-refractivity contribution in [3.63, 3.8) is 0 Å². The Labute approximate surface area is 184 Å². The smallest absolute Gasteiger partial charge is 0.307 e. The minimum atomic E-state index is -3.83. The summed E-state index contributed by atoms with van der Waals surface area (Å²) in [7, 11) is -3.83. The third kappa shape index (κ3) is 6.18. The molecule has 0 saturated carbocycles.